The van der Waals surface area contributed by atoms with E-state index in [4.69, 9.17) is 9.72 Å². The molecule has 2 aromatic carbocycles. The number of carbonyl (C=O) groups is 1. The van der Waals surface area contributed by atoms with E-state index in [1.807, 2.05) is 33.0 Å². The highest BCUT2D eigenvalue weighted by Gasteiger charge is 2.34. The molecule has 7 nitrogen and oxygen atoms in total. The molecule has 4 aromatic rings. The first-order chi connectivity index (χ1) is 15.4. The SMILES string of the molecule is CC(C)(C)OC(=O)N1CCCC1c1nc2ccc(-c3ccc(-c4cnc[nH]4)cc3)cc2[nH]1. The number of nitrogens with zero attached hydrogens (tertiary/aromatic N) is 3. The minimum Gasteiger partial charge on any atom is -0.444 e. The zero-order chi connectivity index (χ0) is 22.3. The van der Waals surface area contributed by atoms with E-state index in [9.17, 15) is 4.79 Å². The topological polar surface area (TPSA) is 86.9 Å². The average Bonchev–Trinajstić information content (AvgIpc) is 3.52. The minimum atomic E-state index is -0.514. The van der Waals surface area contributed by atoms with Gasteiger partial charge in [-0.05, 0) is 62.4 Å². The molecule has 0 saturated carbocycles. The van der Waals surface area contributed by atoms with E-state index in [2.05, 4.69) is 51.4 Å². The molecule has 0 bridgehead atoms. The molecule has 32 heavy (non-hydrogen) atoms. The number of rotatable bonds is 3. The molecule has 1 amide bonds. The average molecular weight is 430 g/mol. The highest BCUT2D eigenvalue weighted by Crippen LogP contribution is 2.33. The quantitative estimate of drug-likeness (QED) is 0.438. The Hall–Kier alpha value is -3.61. The van der Waals surface area contributed by atoms with Crippen molar-refractivity contribution in [3.63, 3.8) is 0 Å². The van der Waals surface area contributed by atoms with Crippen molar-refractivity contribution in [2.45, 2.75) is 45.3 Å². The molecule has 1 fully saturated rings. The summed E-state index contributed by atoms with van der Waals surface area (Å²) in [5.41, 5.74) is 5.68. The maximum atomic E-state index is 12.7. The van der Waals surface area contributed by atoms with E-state index in [1.54, 1.807) is 11.2 Å². The maximum Gasteiger partial charge on any atom is 0.410 e. The van der Waals surface area contributed by atoms with Crippen molar-refractivity contribution in [3.05, 3.63) is 60.8 Å². The van der Waals surface area contributed by atoms with Gasteiger partial charge in [0.15, 0.2) is 0 Å². The maximum absolute atomic E-state index is 12.7. The largest absolute Gasteiger partial charge is 0.444 e. The normalized spacial score (nSPS) is 16.6. The number of amides is 1. The summed E-state index contributed by atoms with van der Waals surface area (Å²) >= 11 is 0. The number of imidazole rings is 2. The van der Waals surface area contributed by atoms with Crippen molar-refractivity contribution in [2.75, 3.05) is 6.54 Å². The summed E-state index contributed by atoms with van der Waals surface area (Å²) in [5, 5.41) is 0. The number of fused-ring (bicyclic) bond motifs is 1. The number of nitrogens with one attached hydrogen (secondary N) is 2. The van der Waals surface area contributed by atoms with Gasteiger partial charge in [-0.3, -0.25) is 4.90 Å². The number of aromatic nitrogens is 4. The lowest BCUT2D eigenvalue weighted by Crippen LogP contribution is -2.36. The number of aromatic amines is 2. The van der Waals surface area contributed by atoms with Gasteiger partial charge in [0.25, 0.3) is 0 Å². The first-order valence-electron chi connectivity index (χ1n) is 11.0. The van der Waals surface area contributed by atoms with Crippen LogP contribution >= 0.6 is 0 Å². The minimum absolute atomic E-state index is 0.0885. The van der Waals surface area contributed by atoms with Gasteiger partial charge in [0.2, 0.25) is 0 Å². The second-order valence-electron chi connectivity index (χ2n) is 9.23. The molecular weight excluding hydrogens is 402 g/mol. The van der Waals surface area contributed by atoms with E-state index < -0.39 is 5.60 Å². The fraction of sp³-hybridized carbons (Fsp3) is 0.320. The summed E-state index contributed by atoms with van der Waals surface area (Å²) < 4.78 is 5.60. The molecule has 1 aliphatic heterocycles. The van der Waals surface area contributed by atoms with E-state index >= 15 is 0 Å². The summed E-state index contributed by atoms with van der Waals surface area (Å²) in [6.45, 7) is 6.35. The second-order valence-corrected chi connectivity index (χ2v) is 9.23. The Morgan fingerprint density at radius 3 is 2.56 bits per heavy atom. The van der Waals surface area contributed by atoms with Gasteiger partial charge in [0, 0.05) is 6.54 Å². The number of ether oxygens (including phenoxy) is 1. The van der Waals surface area contributed by atoms with Crippen molar-refractivity contribution in [1.29, 1.82) is 0 Å². The monoisotopic (exact) mass is 429 g/mol. The van der Waals surface area contributed by atoms with Crippen LogP contribution in [-0.4, -0.2) is 43.1 Å². The smallest absolute Gasteiger partial charge is 0.410 e. The fourth-order valence-corrected chi connectivity index (χ4v) is 4.21. The number of carbonyl (C=O) groups excluding carboxylic acids is 1. The lowest BCUT2D eigenvalue weighted by molar-refractivity contribution is 0.0219. The van der Waals surface area contributed by atoms with Crippen LogP contribution in [0.25, 0.3) is 33.4 Å². The Bertz CT molecular complexity index is 1240. The van der Waals surface area contributed by atoms with E-state index in [0.717, 1.165) is 52.1 Å². The van der Waals surface area contributed by atoms with Crippen molar-refractivity contribution < 1.29 is 9.53 Å². The number of likely N-dealkylation sites (tertiary alicyclic amines) is 1. The summed E-state index contributed by atoms with van der Waals surface area (Å²) in [6, 6.07) is 14.5. The Balaban J connectivity index is 1.40. The van der Waals surface area contributed by atoms with E-state index in [0.29, 0.717) is 6.54 Å². The van der Waals surface area contributed by atoms with Gasteiger partial charge in [-0.25, -0.2) is 14.8 Å². The molecule has 7 heteroatoms. The first kappa shape index (κ1) is 20.3. The molecule has 1 aliphatic rings. The van der Waals surface area contributed by atoms with Gasteiger partial charge < -0.3 is 14.7 Å². The third kappa shape index (κ3) is 3.98. The zero-order valence-corrected chi connectivity index (χ0v) is 18.6. The summed E-state index contributed by atoms with van der Waals surface area (Å²) in [7, 11) is 0. The zero-order valence-electron chi connectivity index (χ0n) is 18.6. The molecule has 3 heterocycles. The molecule has 1 unspecified atom stereocenters. The van der Waals surface area contributed by atoms with Gasteiger partial charge >= 0.3 is 6.09 Å². The van der Waals surface area contributed by atoms with Gasteiger partial charge in [0.05, 0.1) is 35.3 Å². The summed E-state index contributed by atoms with van der Waals surface area (Å²) in [5.74, 6) is 0.815. The standard InChI is InChI=1S/C25H27N5O2/c1-25(2,3)32-24(31)30-12-4-5-22(30)23-28-19-11-10-18(13-20(19)29-23)16-6-8-17(9-7-16)21-14-26-15-27-21/h6-11,13-15,22H,4-5,12H2,1-3H3,(H,26,27)(H,28,29). The Kier molecular flexibility index (Phi) is 4.96. The molecule has 0 radical (unpaired) electrons. The molecule has 1 atom stereocenters. The van der Waals surface area contributed by atoms with Crippen LogP contribution in [0.3, 0.4) is 0 Å². The number of benzene rings is 2. The third-order valence-electron chi connectivity index (χ3n) is 5.72. The Morgan fingerprint density at radius 1 is 1.09 bits per heavy atom. The van der Waals surface area contributed by atoms with Gasteiger partial charge in [-0.1, -0.05) is 30.3 Å². The number of H-pyrrole nitrogens is 2. The molecular formula is C25H27N5O2. The van der Waals surface area contributed by atoms with E-state index in [1.165, 1.54) is 0 Å². The van der Waals surface area contributed by atoms with Crippen LogP contribution in [0.15, 0.2) is 55.0 Å². The highest BCUT2D eigenvalue weighted by molar-refractivity contribution is 5.82. The third-order valence-corrected chi connectivity index (χ3v) is 5.72. The van der Waals surface area contributed by atoms with Gasteiger partial charge in [-0.15, -0.1) is 0 Å². The van der Waals surface area contributed by atoms with Crippen LogP contribution in [0.2, 0.25) is 0 Å². The van der Waals surface area contributed by atoms with Crippen LogP contribution in [0.1, 0.15) is 45.5 Å². The van der Waals surface area contributed by atoms with Crippen LogP contribution < -0.4 is 0 Å². The van der Waals surface area contributed by atoms with Crippen molar-refractivity contribution in [1.82, 2.24) is 24.8 Å². The summed E-state index contributed by atoms with van der Waals surface area (Å²) in [6.07, 6.45) is 5.03. The molecule has 5 rings (SSSR count). The second kappa shape index (κ2) is 7.82. The van der Waals surface area contributed by atoms with Crippen molar-refractivity contribution in [3.8, 4) is 22.4 Å². The molecule has 0 spiro atoms. The number of hydrogen-bond acceptors (Lipinski definition) is 4. The molecule has 2 aromatic heterocycles. The Morgan fingerprint density at radius 2 is 1.84 bits per heavy atom. The first-order valence-corrected chi connectivity index (χ1v) is 11.0. The Labute approximate surface area is 186 Å². The van der Waals surface area contributed by atoms with Crippen molar-refractivity contribution >= 4 is 17.1 Å². The predicted octanol–water partition coefficient (Wildman–Crippen LogP) is 5.69. The highest BCUT2D eigenvalue weighted by atomic mass is 16.6. The lowest BCUT2D eigenvalue weighted by Gasteiger charge is -2.27. The molecule has 2 N–H and O–H groups in total. The summed E-state index contributed by atoms with van der Waals surface area (Å²) in [4.78, 5) is 29.9. The van der Waals surface area contributed by atoms with Crippen LogP contribution in [0.4, 0.5) is 4.79 Å². The van der Waals surface area contributed by atoms with Crippen LogP contribution in [-0.2, 0) is 4.74 Å². The molecule has 0 aliphatic carbocycles. The van der Waals surface area contributed by atoms with Gasteiger partial charge in [-0.2, -0.15) is 0 Å². The van der Waals surface area contributed by atoms with Crippen LogP contribution in [0, 0.1) is 0 Å². The lowest BCUT2D eigenvalue weighted by atomic mass is 10.0. The van der Waals surface area contributed by atoms with Crippen molar-refractivity contribution in [2.24, 2.45) is 0 Å². The predicted molar refractivity (Wildman–Crippen MR) is 124 cm³/mol. The molecule has 164 valence electrons. The van der Waals surface area contributed by atoms with E-state index in [-0.39, 0.29) is 12.1 Å². The number of hydrogen-bond donors (Lipinski definition) is 2. The van der Waals surface area contributed by atoms with Gasteiger partial charge in [0.1, 0.15) is 11.4 Å². The fourth-order valence-electron chi connectivity index (χ4n) is 4.21. The van der Waals surface area contributed by atoms with Crippen LogP contribution in [0.5, 0.6) is 0 Å². The molecule has 1 saturated heterocycles.